The van der Waals surface area contributed by atoms with Crippen LogP contribution in [-0.4, -0.2) is 44.6 Å². The number of nitrogens with zero attached hydrogens (tertiary/aromatic N) is 1. The highest BCUT2D eigenvalue weighted by Crippen LogP contribution is 2.25. The van der Waals surface area contributed by atoms with E-state index < -0.39 is 0 Å². The van der Waals surface area contributed by atoms with Gasteiger partial charge in [-0.3, -0.25) is 4.79 Å². The van der Waals surface area contributed by atoms with Crippen LogP contribution in [0.15, 0.2) is 18.2 Å². The molecule has 0 bridgehead atoms. The maximum Gasteiger partial charge on any atom is 0.257 e. The summed E-state index contributed by atoms with van der Waals surface area (Å²) >= 11 is 0. The van der Waals surface area contributed by atoms with Crippen LogP contribution in [-0.2, 0) is 17.6 Å². The van der Waals surface area contributed by atoms with Gasteiger partial charge in [0.2, 0.25) is 0 Å². The summed E-state index contributed by atoms with van der Waals surface area (Å²) in [5, 5.41) is 2.96. The molecule has 1 aliphatic carbocycles. The molecule has 0 aromatic heterocycles. The molecule has 1 aromatic rings. The summed E-state index contributed by atoms with van der Waals surface area (Å²) in [5.74, 6) is 0.732. The van der Waals surface area contributed by atoms with Crippen molar-refractivity contribution in [1.82, 2.24) is 10.2 Å². The van der Waals surface area contributed by atoms with Crippen LogP contribution in [0.2, 0.25) is 0 Å². The lowest BCUT2D eigenvalue weighted by atomic mass is 9.93. The number of carbonyl (C=O) groups excluding carboxylic acids is 1. The first-order chi connectivity index (χ1) is 10.4. The van der Waals surface area contributed by atoms with Crippen molar-refractivity contribution in [3.63, 3.8) is 0 Å². The van der Waals surface area contributed by atoms with Gasteiger partial charge < -0.3 is 15.0 Å². The van der Waals surface area contributed by atoms with E-state index in [2.05, 4.69) is 36.2 Å². The van der Waals surface area contributed by atoms with Gasteiger partial charge in [0.05, 0.1) is 0 Å². The maximum absolute atomic E-state index is 11.9. The van der Waals surface area contributed by atoms with E-state index in [0.29, 0.717) is 6.54 Å². The van der Waals surface area contributed by atoms with E-state index in [9.17, 15) is 4.79 Å². The van der Waals surface area contributed by atoms with E-state index in [4.69, 9.17) is 4.74 Å². The van der Waals surface area contributed by atoms with Gasteiger partial charge in [0.15, 0.2) is 6.61 Å². The molecule has 0 saturated carbocycles. The number of carbonyl (C=O) groups is 1. The van der Waals surface area contributed by atoms with Crippen molar-refractivity contribution >= 4 is 5.91 Å². The number of rotatable bonds is 7. The topological polar surface area (TPSA) is 41.6 Å². The minimum atomic E-state index is -0.0627. The van der Waals surface area contributed by atoms with E-state index >= 15 is 0 Å². The Morgan fingerprint density at radius 2 is 2.00 bits per heavy atom. The second-order valence-electron chi connectivity index (χ2n) is 7.25. The van der Waals surface area contributed by atoms with Crippen LogP contribution in [0.25, 0.3) is 0 Å². The second-order valence-corrected chi connectivity index (χ2v) is 7.25. The summed E-state index contributed by atoms with van der Waals surface area (Å²) in [6.45, 7) is 5.95. The van der Waals surface area contributed by atoms with Crippen LogP contribution in [0.3, 0.4) is 0 Å². The number of amides is 1. The smallest absolute Gasteiger partial charge is 0.257 e. The van der Waals surface area contributed by atoms with Crippen molar-refractivity contribution in [3.8, 4) is 5.75 Å². The van der Waals surface area contributed by atoms with E-state index in [0.717, 1.165) is 25.1 Å². The lowest BCUT2D eigenvalue weighted by molar-refractivity contribution is -0.123. The van der Waals surface area contributed by atoms with E-state index in [1.54, 1.807) is 0 Å². The fourth-order valence-electron chi connectivity index (χ4n) is 3.09. The van der Waals surface area contributed by atoms with Crippen molar-refractivity contribution in [2.24, 2.45) is 5.41 Å². The summed E-state index contributed by atoms with van der Waals surface area (Å²) in [6, 6.07) is 6.16. The molecule has 0 spiro atoms. The molecule has 0 atom stereocenters. The van der Waals surface area contributed by atoms with Gasteiger partial charge >= 0.3 is 0 Å². The molecule has 4 nitrogen and oxygen atoms in total. The van der Waals surface area contributed by atoms with Gasteiger partial charge in [-0.15, -0.1) is 0 Å². The lowest BCUT2D eigenvalue weighted by Gasteiger charge is -2.28. The summed E-state index contributed by atoms with van der Waals surface area (Å²) < 4.78 is 5.62. The molecule has 0 radical (unpaired) electrons. The zero-order chi connectivity index (χ0) is 16.2. The minimum Gasteiger partial charge on any atom is -0.484 e. The molecule has 0 saturated heterocycles. The average molecular weight is 304 g/mol. The fraction of sp³-hybridized carbons (Fsp3) is 0.611. The minimum absolute atomic E-state index is 0.0483. The largest absolute Gasteiger partial charge is 0.484 e. The Balaban J connectivity index is 1.76. The highest BCUT2D eigenvalue weighted by atomic mass is 16.5. The average Bonchev–Trinajstić information content (AvgIpc) is 2.89. The Bertz CT molecular complexity index is 524. The zero-order valence-electron chi connectivity index (χ0n) is 14.2. The van der Waals surface area contributed by atoms with Gasteiger partial charge in [0, 0.05) is 13.1 Å². The van der Waals surface area contributed by atoms with E-state index in [1.807, 2.05) is 20.2 Å². The lowest BCUT2D eigenvalue weighted by Crippen LogP contribution is -2.41. The molecule has 22 heavy (non-hydrogen) atoms. The summed E-state index contributed by atoms with van der Waals surface area (Å²) in [6.07, 6.45) is 3.51. The Kier molecular flexibility index (Phi) is 5.46. The fourth-order valence-corrected chi connectivity index (χ4v) is 3.09. The van der Waals surface area contributed by atoms with Gasteiger partial charge in [-0.1, -0.05) is 19.9 Å². The normalized spacial score (nSPS) is 14.0. The van der Waals surface area contributed by atoms with Crippen molar-refractivity contribution in [2.45, 2.75) is 33.1 Å². The van der Waals surface area contributed by atoms with E-state index in [-0.39, 0.29) is 17.9 Å². The first-order valence-electron chi connectivity index (χ1n) is 8.02. The predicted octanol–water partition coefficient (Wildman–Crippen LogP) is 2.26. The predicted molar refractivity (Wildman–Crippen MR) is 89.3 cm³/mol. The second kappa shape index (κ2) is 7.14. The Hall–Kier alpha value is -1.55. The molecule has 0 unspecified atom stereocenters. The molecule has 1 N–H and O–H groups in total. The third-order valence-electron chi connectivity index (χ3n) is 3.95. The molecule has 0 heterocycles. The maximum atomic E-state index is 11.9. The molecule has 0 aliphatic heterocycles. The third-order valence-corrected chi connectivity index (χ3v) is 3.95. The highest BCUT2D eigenvalue weighted by Gasteiger charge is 2.20. The van der Waals surface area contributed by atoms with Gasteiger partial charge in [0.25, 0.3) is 5.91 Å². The number of ether oxygens (including phenoxy) is 1. The zero-order valence-corrected chi connectivity index (χ0v) is 14.2. The molecule has 1 aliphatic rings. The molecule has 4 heteroatoms. The molecule has 1 aromatic carbocycles. The Morgan fingerprint density at radius 1 is 1.27 bits per heavy atom. The van der Waals surface area contributed by atoms with Gasteiger partial charge in [-0.2, -0.15) is 0 Å². The number of nitrogens with one attached hydrogen (secondary N) is 1. The number of benzene rings is 1. The number of hydrogen-bond acceptors (Lipinski definition) is 3. The SMILES string of the molecule is CN(C)CC(C)(C)CNC(=O)COc1ccc2c(c1)CCC2. The van der Waals surface area contributed by atoms with Gasteiger partial charge in [0.1, 0.15) is 5.75 Å². The summed E-state index contributed by atoms with van der Waals surface area (Å²) in [4.78, 5) is 14.1. The number of fused-ring (bicyclic) bond motifs is 1. The van der Waals surface area contributed by atoms with Crippen molar-refractivity contribution in [2.75, 3.05) is 33.8 Å². The molecule has 2 rings (SSSR count). The first kappa shape index (κ1) is 16.8. The third kappa shape index (κ3) is 5.02. The van der Waals surface area contributed by atoms with Crippen LogP contribution in [0.4, 0.5) is 0 Å². The number of hydrogen-bond donors (Lipinski definition) is 1. The standard InChI is InChI=1S/C18H28N2O2/c1-18(2,13-20(3)4)12-19-17(21)11-22-16-9-8-14-6-5-7-15(14)10-16/h8-10H,5-7,11-13H2,1-4H3,(H,19,21). The van der Waals surface area contributed by atoms with Gasteiger partial charge in [-0.25, -0.2) is 0 Å². The molecule has 0 fully saturated rings. The summed E-state index contributed by atoms with van der Waals surface area (Å²) in [5.41, 5.74) is 2.83. The summed E-state index contributed by atoms with van der Waals surface area (Å²) in [7, 11) is 4.08. The highest BCUT2D eigenvalue weighted by molar-refractivity contribution is 5.77. The Labute approximate surface area is 133 Å². The van der Waals surface area contributed by atoms with Crippen LogP contribution in [0.1, 0.15) is 31.4 Å². The van der Waals surface area contributed by atoms with Crippen LogP contribution >= 0.6 is 0 Å². The van der Waals surface area contributed by atoms with Crippen molar-refractivity contribution in [3.05, 3.63) is 29.3 Å². The van der Waals surface area contributed by atoms with Crippen LogP contribution < -0.4 is 10.1 Å². The van der Waals surface area contributed by atoms with Crippen molar-refractivity contribution < 1.29 is 9.53 Å². The first-order valence-corrected chi connectivity index (χ1v) is 8.02. The van der Waals surface area contributed by atoms with Crippen molar-refractivity contribution in [1.29, 1.82) is 0 Å². The quantitative estimate of drug-likeness (QED) is 0.840. The monoisotopic (exact) mass is 304 g/mol. The number of aryl methyl sites for hydroxylation is 2. The van der Waals surface area contributed by atoms with Crippen LogP contribution in [0, 0.1) is 5.41 Å². The molecular formula is C18H28N2O2. The van der Waals surface area contributed by atoms with E-state index in [1.165, 1.54) is 17.5 Å². The van der Waals surface area contributed by atoms with Crippen LogP contribution in [0.5, 0.6) is 5.75 Å². The molecular weight excluding hydrogens is 276 g/mol. The molecule has 1 amide bonds. The molecule has 122 valence electrons. The van der Waals surface area contributed by atoms with Gasteiger partial charge in [-0.05, 0) is 62.0 Å². The Morgan fingerprint density at radius 3 is 2.73 bits per heavy atom.